The van der Waals surface area contributed by atoms with Crippen molar-refractivity contribution in [3.05, 3.63) is 78.6 Å². The Hall–Kier alpha value is -3.50. The third kappa shape index (κ3) is 3.91. The predicted molar refractivity (Wildman–Crippen MR) is 124 cm³/mol. The van der Waals surface area contributed by atoms with Crippen molar-refractivity contribution >= 4 is 28.4 Å². The maximum atomic E-state index is 10.5. The molecule has 0 radical (unpaired) electrons. The highest BCUT2D eigenvalue weighted by Gasteiger charge is 2.44. The highest BCUT2D eigenvalue weighted by molar-refractivity contribution is 5.87. The Labute approximate surface area is 190 Å². The number of nitrogens with two attached hydrogens (primary N) is 1. The lowest BCUT2D eigenvalue weighted by atomic mass is 10.1. The number of aliphatic hydroxyl groups is 3. The average molecular weight is 447 g/mol. The van der Waals surface area contributed by atoms with Crippen LogP contribution in [0.3, 0.4) is 0 Å². The highest BCUT2D eigenvalue weighted by atomic mass is 16.6. The number of benzene rings is 2. The van der Waals surface area contributed by atoms with E-state index in [2.05, 4.69) is 4.98 Å². The molecule has 0 unspecified atom stereocenters. The summed E-state index contributed by atoms with van der Waals surface area (Å²) < 4.78 is 7.23. The molecule has 1 aliphatic rings. The molecule has 4 aromatic rings. The van der Waals surface area contributed by atoms with E-state index in [1.807, 2.05) is 65.6 Å². The first-order chi connectivity index (χ1) is 16.1. The number of para-hydroxylation sites is 1. The molecule has 2 aromatic carbocycles. The quantitative estimate of drug-likeness (QED) is 0.353. The van der Waals surface area contributed by atoms with Crippen LogP contribution >= 0.6 is 0 Å². The Morgan fingerprint density at radius 1 is 1.00 bits per heavy atom. The topological polar surface area (TPSA) is 130 Å². The molecule has 0 spiro atoms. The van der Waals surface area contributed by atoms with Gasteiger partial charge in [0.25, 0.3) is 0 Å². The van der Waals surface area contributed by atoms with Crippen molar-refractivity contribution in [2.45, 2.75) is 31.1 Å². The largest absolute Gasteiger partial charge is 0.397 e. The molecule has 33 heavy (non-hydrogen) atoms. The molecule has 170 valence electrons. The lowest BCUT2D eigenvalue weighted by Crippen LogP contribution is -2.33. The van der Waals surface area contributed by atoms with E-state index in [1.165, 1.54) is 6.33 Å². The van der Waals surface area contributed by atoms with Gasteiger partial charge in [0, 0.05) is 18.3 Å². The molecule has 1 fully saturated rings. The van der Waals surface area contributed by atoms with Gasteiger partial charge in [-0.1, -0.05) is 48.5 Å². The maximum Gasteiger partial charge on any atom is 0.166 e. The first-order valence-electron chi connectivity index (χ1n) is 10.7. The fourth-order valence-electron chi connectivity index (χ4n) is 4.13. The molecule has 9 nitrogen and oxygen atoms in total. The van der Waals surface area contributed by atoms with E-state index in [0.717, 1.165) is 11.3 Å². The number of hydrogen-bond donors (Lipinski definition) is 4. The first-order valence-corrected chi connectivity index (χ1v) is 10.7. The lowest BCUT2D eigenvalue weighted by molar-refractivity contribution is -0.0511. The van der Waals surface area contributed by atoms with E-state index in [1.54, 1.807) is 10.6 Å². The van der Waals surface area contributed by atoms with Gasteiger partial charge in [-0.05, 0) is 17.7 Å². The van der Waals surface area contributed by atoms with E-state index in [-0.39, 0.29) is 0 Å². The molecule has 9 heteroatoms. The molecule has 5 N–H and O–H groups in total. The number of hydrogen-bond acceptors (Lipinski definition) is 8. The number of aromatic nitrogens is 3. The van der Waals surface area contributed by atoms with Crippen LogP contribution in [0.5, 0.6) is 0 Å². The van der Waals surface area contributed by atoms with E-state index >= 15 is 0 Å². The number of nitrogens with zero attached hydrogens (tertiary/aromatic N) is 4. The van der Waals surface area contributed by atoms with Crippen molar-refractivity contribution in [3.63, 3.8) is 0 Å². The second-order valence-electron chi connectivity index (χ2n) is 8.03. The Kier molecular flexibility index (Phi) is 5.69. The van der Waals surface area contributed by atoms with Crippen LogP contribution in [0.1, 0.15) is 11.8 Å². The third-order valence-electron chi connectivity index (χ3n) is 5.87. The second-order valence-corrected chi connectivity index (χ2v) is 8.03. The summed E-state index contributed by atoms with van der Waals surface area (Å²) in [6.45, 7) is 0.145. The third-order valence-corrected chi connectivity index (χ3v) is 5.87. The van der Waals surface area contributed by atoms with E-state index in [4.69, 9.17) is 15.5 Å². The number of ether oxygens (including phenoxy) is 1. The minimum Gasteiger partial charge on any atom is -0.397 e. The molecular formula is C24H25N5O4. The van der Waals surface area contributed by atoms with Crippen molar-refractivity contribution in [2.75, 3.05) is 17.2 Å². The van der Waals surface area contributed by atoms with Crippen molar-refractivity contribution in [3.8, 4) is 0 Å². The fourth-order valence-corrected chi connectivity index (χ4v) is 4.13. The maximum absolute atomic E-state index is 10.5. The molecule has 0 amide bonds. The molecule has 5 rings (SSSR count). The van der Waals surface area contributed by atoms with Crippen molar-refractivity contribution in [1.29, 1.82) is 0 Å². The van der Waals surface area contributed by atoms with Crippen LogP contribution in [-0.4, -0.2) is 54.8 Å². The van der Waals surface area contributed by atoms with Crippen LogP contribution in [0.15, 0.2) is 73.1 Å². The fraction of sp³-hybridized carbons (Fsp3) is 0.250. The van der Waals surface area contributed by atoms with Gasteiger partial charge in [-0.25, -0.2) is 9.97 Å². The van der Waals surface area contributed by atoms with E-state index < -0.39 is 31.1 Å². The normalized spacial score (nSPS) is 22.6. The number of nitrogen functional groups attached to an aromatic ring is 1. The number of aliphatic hydroxyl groups excluding tert-OH is 3. The SMILES string of the molecule is Nc1cc(N(Cc2ccccc2)c2ccccc2)nc2c1ncn2[C@@H]1O[C@H](CO)[C@@H](O)[C@H]1O. The summed E-state index contributed by atoms with van der Waals surface area (Å²) in [5, 5.41) is 30.1. The van der Waals surface area contributed by atoms with Gasteiger partial charge < -0.3 is 30.7 Å². The predicted octanol–water partition coefficient (Wildman–Crippen LogP) is 1.96. The van der Waals surface area contributed by atoms with Gasteiger partial charge in [0.2, 0.25) is 0 Å². The van der Waals surface area contributed by atoms with Crippen LogP contribution in [0.25, 0.3) is 11.2 Å². The van der Waals surface area contributed by atoms with Crippen molar-refractivity contribution in [1.82, 2.24) is 14.5 Å². The highest BCUT2D eigenvalue weighted by Crippen LogP contribution is 2.35. The van der Waals surface area contributed by atoms with Gasteiger partial charge >= 0.3 is 0 Å². The zero-order chi connectivity index (χ0) is 22.9. The lowest BCUT2D eigenvalue weighted by Gasteiger charge is -2.25. The van der Waals surface area contributed by atoms with E-state index in [0.29, 0.717) is 29.2 Å². The standard InChI is InChI=1S/C24H25N5O4/c25-17-11-19(28(16-9-5-2-6-10-16)12-15-7-3-1-4-8-15)27-23-20(17)26-14-29(23)24-22(32)21(31)18(13-30)33-24/h1-11,14,18,21-22,24,30-32H,12-13H2,(H2,25,27)/t18-,21-,22-,24-/m1/s1. The summed E-state index contributed by atoms with van der Waals surface area (Å²) in [5.41, 5.74) is 9.69. The van der Waals surface area contributed by atoms with E-state index in [9.17, 15) is 15.3 Å². The molecule has 2 aromatic heterocycles. The zero-order valence-electron chi connectivity index (χ0n) is 17.8. The second kappa shape index (κ2) is 8.80. The van der Waals surface area contributed by atoms with Gasteiger partial charge in [0.05, 0.1) is 18.6 Å². The molecule has 1 aliphatic heterocycles. The molecule has 3 heterocycles. The summed E-state index contributed by atoms with van der Waals surface area (Å²) in [7, 11) is 0. The monoisotopic (exact) mass is 447 g/mol. The zero-order valence-corrected chi connectivity index (χ0v) is 17.8. The van der Waals surface area contributed by atoms with Gasteiger partial charge in [-0.2, -0.15) is 0 Å². The number of pyridine rings is 1. The summed E-state index contributed by atoms with van der Waals surface area (Å²) in [5.74, 6) is 0.601. The molecule has 4 atom stereocenters. The summed E-state index contributed by atoms with van der Waals surface area (Å²) in [6.07, 6.45) is -2.86. The summed E-state index contributed by atoms with van der Waals surface area (Å²) in [4.78, 5) is 11.2. The van der Waals surface area contributed by atoms with Crippen LogP contribution in [0.2, 0.25) is 0 Å². The number of imidazole rings is 1. The average Bonchev–Trinajstić information content (AvgIpc) is 3.39. The van der Waals surface area contributed by atoms with Crippen LogP contribution in [0.4, 0.5) is 17.2 Å². The Morgan fingerprint density at radius 2 is 1.70 bits per heavy atom. The number of fused-ring (bicyclic) bond motifs is 1. The summed E-state index contributed by atoms with van der Waals surface area (Å²) >= 11 is 0. The number of rotatable bonds is 6. The number of anilines is 3. The molecule has 0 saturated carbocycles. The summed E-state index contributed by atoms with van der Waals surface area (Å²) in [6, 6.07) is 21.7. The first kappa shape index (κ1) is 21.4. The Bertz CT molecular complexity index is 1230. The van der Waals surface area contributed by atoms with Gasteiger partial charge in [-0.15, -0.1) is 0 Å². The Balaban J connectivity index is 1.60. The molecule has 0 aliphatic carbocycles. The van der Waals surface area contributed by atoms with Gasteiger partial charge in [-0.3, -0.25) is 4.57 Å². The smallest absolute Gasteiger partial charge is 0.166 e. The van der Waals surface area contributed by atoms with Gasteiger partial charge in [0.15, 0.2) is 11.9 Å². The molecule has 1 saturated heterocycles. The molecule has 0 bridgehead atoms. The van der Waals surface area contributed by atoms with Crippen LogP contribution in [0, 0.1) is 0 Å². The van der Waals surface area contributed by atoms with Crippen LogP contribution < -0.4 is 10.6 Å². The van der Waals surface area contributed by atoms with Crippen molar-refractivity contribution in [2.24, 2.45) is 0 Å². The van der Waals surface area contributed by atoms with Crippen LogP contribution in [-0.2, 0) is 11.3 Å². The minimum atomic E-state index is -1.25. The minimum absolute atomic E-state index is 0.411. The molecular weight excluding hydrogens is 422 g/mol. The van der Waals surface area contributed by atoms with Crippen molar-refractivity contribution < 1.29 is 20.1 Å². The van der Waals surface area contributed by atoms with Gasteiger partial charge in [0.1, 0.15) is 29.6 Å². The Morgan fingerprint density at radius 3 is 2.36 bits per heavy atom.